The molecule has 0 aromatic heterocycles. The SMILES string of the molecule is CC[C@@H](C)CNC(=O)c1ccc(-n2ccc3nn(CC=C(C)C)c(=O)c-3n2)cc1. The molecule has 152 valence electrons. The van der Waals surface area contributed by atoms with Gasteiger partial charge in [-0.25, -0.2) is 9.36 Å². The van der Waals surface area contributed by atoms with E-state index in [0.717, 1.165) is 17.7 Å². The molecule has 7 heteroatoms. The molecule has 0 unspecified atom stereocenters. The fraction of sp³-hybridized carbons (Fsp3) is 0.364. The van der Waals surface area contributed by atoms with Gasteiger partial charge < -0.3 is 5.32 Å². The molecule has 0 radical (unpaired) electrons. The van der Waals surface area contributed by atoms with Crippen molar-refractivity contribution >= 4 is 5.91 Å². The van der Waals surface area contributed by atoms with Gasteiger partial charge in [0, 0.05) is 18.3 Å². The van der Waals surface area contributed by atoms with Gasteiger partial charge in [-0.15, -0.1) is 0 Å². The first-order chi connectivity index (χ1) is 13.9. The first kappa shape index (κ1) is 20.5. The zero-order valence-corrected chi connectivity index (χ0v) is 17.3. The first-order valence-corrected chi connectivity index (χ1v) is 9.87. The van der Waals surface area contributed by atoms with E-state index < -0.39 is 0 Å². The zero-order chi connectivity index (χ0) is 21.0. The Morgan fingerprint density at radius 3 is 2.55 bits per heavy atom. The number of benzene rings is 1. The molecular formula is C22H27N5O2. The van der Waals surface area contributed by atoms with Crippen LogP contribution in [0.5, 0.6) is 0 Å². The highest BCUT2D eigenvalue weighted by atomic mass is 16.1. The summed E-state index contributed by atoms with van der Waals surface area (Å²) in [6.45, 7) is 9.26. The van der Waals surface area contributed by atoms with Crippen LogP contribution in [0.15, 0.2) is 53.0 Å². The van der Waals surface area contributed by atoms with Crippen LogP contribution < -0.4 is 10.9 Å². The van der Waals surface area contributed by atoms with Crippen LogP contribution >= 0.6 is 0 Å². The third kappa shape index (κ3) is 4.80. The Hall–Kier alpha value is -3.22. The fourth-order valence-electron chi connectivity index (χ4n) is 2.76. The van der Waals surface area contributed by atoms with Crippen molar-refractivity contribution < 1.29 is 4.79 Å². The Kier molecular flexibility index (Phi) is 6.26. The second-order valence-corrected chi connectivity index (χ2v) is 7.53. The van der Waals surface area contributed by atoms with Crippen molar-refractivity contribution in [3.63, 3.8) is 0 Å². The van der Waals surface area contributed by atoms with Gasteiger partial charge in [0.15, 0.2) is 5.69 Å². The van der Waals surface area contributed by atoms with Crippen LogP contribution in [0.3, 0.4) is 0 Å². The van der Waals surface area contributed by atoms with E-state index in [2.05, 4.69) is 29.4 Å². The molecule has 29 heavy (non-hydrogen) atoms. The summed E-state index contributed by atoms with van der Waals surface area (Å²) in [6, 6.07) is 8.92. The van der Waals surface area contributed by atoms with E-state index in [1.54, 1.807) is 29.1 Å². The second-order valence-electron chi connectivity index (χ2n) is 7.53. The summed E-state index contributed by atoms with van der Waals surface area (Å²) in [5.74, 6) is 0.358. The summed E-state index contributed by atoms with van der Waals surface area (Å²) in [5, 5.41) is 11.7. The summed E-state index contributed by atoms with van der Waals surface area (Å²) in [4.78, 5) is 24.8. The number of amides is 1. The van der Waals surface area contributed by atoms with Gasteiger partial charge in [-0.3, -0.25) is 9.59 Å². The molecule has 0 saturated carbocycles. The Morgan fingerprint density at radius 1 is 1.17 bits per heavy atom. The maximum atomic E-state index is 12.6. The lowest BCUT2D eigenvalue weighted by Crippen LogP contribution is -2.28. The number of carbonyl (C=O) groups excluding carboxylic acids is 1. The standard InChI is InChI=1S/C22H27N5O2/c1-5-16(4)14-23-21(28)17-6-8-18(9-7-17)26-13-11-19-20(25-26)22(29)27(24-19)12-10-15(2)3/h6-11,13,16H,5,12,14H2,1-4H3,(H,23,28)/t16-/m1/s1. The Bertz CT molecular complexity index is 1040. The smallest absolute Gasteiger partial charge is 0.297 e. The number of hydrogen-bond donors (Lipinski definition) is 1. The molecule has 1 amide bonds. The number of aromatic nitrogens is 4. The Labute approximate surface area is 170 Å². The lowest BCUT2D eigenvalue weighted by molar-refractivity contribution is 0.0948. The highest BCUT2D eigenvalue weighted by Gasteiger charge is 2.17. The van der Waals surface area contributed by atoms with Gasteiger partial charge in [-0.2, -0.15) is 10.2 Å². The van der Waals surface area contributed by atoms with Gasteiger partial charge in [0.25, 0.3) is 11.5 Å². The van der Waals surface area contributed by atoms with Crippen LogP contribution in [0.2, 0.25) is 0 Å². The molecule has 1 aromatic carbocycles. The van der Waals surface area contributed by atoms with Crippen molar-refractivity contribution in [3.8, 4) is 17.1 Å². The van der Waals surface area contributed by atoms with Crippen molar-refractivity contribution in [3.05, 3.63) is 64.1 Å². The average Bonchev–Trinajstić information content (AvgIpc) is 3.05. The summed E-state index contributed by atoms with van der Waals surface area (Å²) in [5.41, 5.74) is 3.16. The van der Waals surface area contributed by atoms with E-state index in [1.807, 2.05) is 32.1 Å². The van der Waals surface area contributed by atoms with E-state index in [9.17, 15) is 9.59 Å². The minimum atomic E-state index is -0.215. The van der Waals surface area contributed by atoms with Crippen molar-refractivity contribution in [1.29, 1.82) is 0 Å². The summed E-state index contributed by atoms with van der Waals surface area (Å²) < 4.78 is 3.04. The van der Waals surface area contributed by atoms with E-state index in [0.29, 0.717) is 36.0 Å². The summed E-state index contributed by atoms with van der Waals surface area (Å²) in [6.07, 6.45) is 4.74. The maximum Gasteiger partial charge on any atom is 0.297 e. The fourth-order valence-corrected chi connectivity index (χ4v) is 2.76. The number of nitrogens with zero attached hydrogens (tertiary/aromatic N) is 4. The monoisotopic (exact) mass is 393 g/mol. The molecular weight excluding hydrogens is 366 g/mol. The van der Waals surface area contributed by atoms with Crippen LogP contribution in [0.4, 0.5) is 0 Å². The molecule has 1 atom stereocenters. The van der Waals surface area contributed by atoms with Crippen molar-refractivity contribution in [2.75, 3.05) is 6.54 Å². The predicted molar refractivity (Wildman–Crippen MR) is 113 cm³/mol. The van der Waals surface area contributed by atoms with Gasteiger partial charge in [0.2, 0.25) is 0 Å². The van der Waals surface area contributed by atoms with Gasteiger partial charge >= 0.3 is 0 Å². The molecule has 7 nitrogen and oxygen atoms in total. The lowest BCUT2D eigenvalue weighted by atomic mass is 10.1. The minimum Gasteiger partial charge on any atom is -0.352 e. The van der Waals surface area contributed by atoms with Gasteiger partial charge in [-0.05, 0) is 50.1 Å². The van der Waals surface area contributed by atoms with Crippen LogP contribution in [0, 0.1) is 5.92 Å². The number of nitrogens with one attached hydrogen (secondary N) is 1. The van der Waals surface area contributed by atoms with E-state index in [1.165, 1.54) is 4.68 Å². The number of carbonyl (C=O) groups is 1. The third-order valence-electron chi connectivity index (χ3n) is 4.86. The highest BCUT2D eigenvalue weighted by molar-refractivity contribution is 5.94. The topological polar surface area (TPSA) is 81.8 Å². The molecule has 0 fully saturated rings. The second kappa shape index (κ2) is 8.86. The van der Waals surface area contributed by atoms with Crippen LogP contribution in [0.1, 0.15) is 44.5 Å². The molecule has 0 saturated heterocycles. The molecule has 0 aliphatic carbocycles. The Morgan fingerprint density at radius 2 is 1.90 bits per heavy atom. The zero-order valence-electron chi connectivity index (χ0n) is 17.3. The molecule has 2 heterocycles. The van der Waals surface area contributed by atoms with E-state index in [-0.39, 0.29) is 11.5 Å². The quantitative estimate of drug-likeness (QED) is 0.625. The molecule has 1 aromatic rings. The van der Waals surface area contributed by atoms with Crippen LogP contribution in [0.25, 0.3) is 17.1 Å². The van der Waals surface area contributed by atoms with Crippen molar-refractivity contribution in [2.24, 2.45) is 5.92 Å². The predicted octanol–water partition coefficient (Wildman–Crippen LogP) is 3.28. The maximum absolute atomic E-state index is 12.6. The number of allylic oxidation sites excluding steroid dienone is 2. The average molecular weight is 393 g/mol. The molecule has 3 rings (SSSR count). The number of fused-ring (bicyclic) bond motifs is 1. The van der Waals surface area contributed by atoms with E-state index in [4.69, 9.17) is 0 Å². The van der Waals surface area contributed by atoms with Crippen molar-refractivity contribution in [1.82, 2.24) is 24.9 Å². The minimum absolute atomic E-state index is 0.0901. The number of hydrogen-bond acceptors (Lipinski definition) is 4. The van der Waals surface area contributed by atoms with Gasteiger partial charge in [0.05, 0.1) is 12.2 Å². The molecule has 1 N–H and O–H groups in total. The van der Waals surface area contributed by atoms with Crippen LogP contribution in [-0.2, 0) is 6.54 Å². The number of rotatable bonds is 7. The van der Waals surface area contributed by atoms with Crippen molar-refractivity contribution in [2.45, 2.75) is 40.7 Å². The summed E-state index contributed by atoms with van der Waals surface area (Å²) >= 11 is 0. The molecule has 0 spiro atoms. The molecule has 0 bridgehead atoms. The summed E-state index contributed by atoms with van der Waals surface area (Å²) in [7, 11) is 0. The van der Waals surface area contributed by atoms with Crippen LogP contribution in [-0.4, -0.2) is 32.0 Å². The Balaban J connectivity index is 1.81. The largest absolute Gasteiger partial charge is 0.352 e. The first-order valence-electron chi connectivity index (χ1n) is 9.87. The van der Waals surface area contributed by atoms with Gasteiger partial charge in [0.1, 0.15) is 5.69 Å². The highest BCUT2D eigenvalue weighted by Crippen LogP contribution is 2.15. The van der Waals surface area contributed by atoms with Gasteiger partial charge in [-0.1, -0.05) is 31.9 Å². The third-order valence-corrected chi connectivity index (χ3v) is 4.86. The molecule has 2 aliphatic heterocycles. The van der Waals surface area contributed by atoms with E-state index >= 15 is 0 Å². The normalized spacial score (nSPS) is 12.0. The lowest BCUT2D eigenvalue weighted by Gasteiger charge is -2.11. The molecule has 2 aliphatic rings.